The maximum atomic E-state index is 13.1. The van der Waals surface area contributed by atoms with E-state index in [-0.39, 0.29) is 29.4 Å². The number of nitrogens with one attached hydrogen (secondary N) is 2. The summed E-state index contributed by atoms with van der Waals surface area (Å²) in [5, 5.41) is 6.07. The van der Waals surface area contributed by atoms with Crippen LogP contribution in [0, 0.1) is 5.82 Å². The Morgan fingerprint density at radius 3 is 2.61 bits per heavy atom. The van der Waals surface area contributed by atoms with Crippen molar-refractivity contribution in [1.29, 1.82) is 0 Å². The number of aromatic nitrogens is 1. The van der Waals surface area contributed by atoms with Crippen LogP contribution in [0.2, 0.25) is 0 Å². The van der Waals surface area contributed by atoms with E-state index in [2.05, 4.69) is 15.6 Å². The normalized spacial score (nSPS) is 15.7. The van der Waals surface area contributed by atoms with Crippen LogP contribution < -0.4 is 10.6 Å². The molecule has 0 radical (unpaired) electrons. The minimum Gasteiger partial charge on any atom is -0.374 e. The van der Waals surface area contributed by atoms with Crippen molar-refractivity contribution in [3.05, 3.63) is 95.6 Å². The molecule has 1 fully saturated rings. The van der Waals surface area contributed by atoms with E-state index in [0.29, 0.717) is 31.7 Å². The summed E-state index contributed by atoms with van der Waals surface area (Å²) in [6.07, 6.45) is 2.20. The molecule has 6 nitrogen and oxygen atoms in total. The van der Waals surface area contributed by atoms with Gasteiger partial charge in [0.2, 0.25) is 5.91 Å². The Kier molecular flexibility index (Phi) is 6.21. The molecule has 3 aromatic rings. The number of nitrogens with zero attached hydrogens (tertiary/aromatic N) is 2. The summed E-state index contributed by atoms with van der Waals surface area (Å²) in [7, 11) is 0. The number of hydrogen-bond acceptors (Lipinski definition) is 4. The van der Waals surface area contributed by atoms with E-state index in [1.54, 1.807) is 35.4 Å². The molecule has 7 heteroatoms. The van der Waals surface area contributed by atoms with Crippen LogP contribution in [0.3, 0.4) is 0 Å². The quantitative estimate of drug-likeness (QED) is 0.617. The maximum Gasteiger partial charge on any atom is 0.270 e. The molecule has 1 aliphatic rings. The van der Waals surface area contributed by atoms with Crippen molar-refractivity contribution in [3.63, 3.8) is 0 Å². The molecule has 1 aliphatic heterocycles. The fraction of sp³-hybridized carbons (Fsp3) is 0.208. The molecule has 2 N–H and O–H groups in total. The first-order valence-electron chi connectivity index (χ1n) is 10.2. The fourth-order valence-electron chi connectivity index (χ4n) is 3.55. The summed E-state index contributed by atoms with van der Waals surface area (Å²) < 4.78 is 13.1. The Morgan fingerprint density at radius 1 is 1.06 bits per heavy atom. The average molecular weight is 418 g/mol. The lowest BCUT2D eigenvalue weighted by atomic mass is 10.2. The lowest BCUT2D eigenvalue weighted by molar-refractivity contribution is -0.128. The summed E-state index contributed by atoms with van der Waals surface area (Å²) in [6.45, 7) is 1.47. The Labute approximate surface area is 180 Å². The Bertz CT molecular complexity index is 1060. The number of anilines is 1. The summed E-state index contributed by atoms with van der Waals surface area (Å²) in [4.78, 5) is 31.1. The molecule has 2 amide bonds. The van der Waals surface area contributed by atoms with Crippen LogP contribution in [0.5, 0.6) is 0 Å². The third-order valence-electron chi connectivity index (χ3n) is 5.21. The second-order valence-corrected chi connectivity index (χ2v) is 7.47. The number of halogens is 1. The van der Waals surface area contributed by atoms with Gasteiger partial charge < -0.3 is 15.5 Å². The van der Waals surface area contributed by atoms with E-state index in [4.69, 9.17) is 0 Å². The van der Waals surface area contributed by atoms with E-state index in [1.165, 1.54) is 12.1 Å². The largest absolute Gasteiger partial charge is 0.374 e. The predicted octanol–water partition coefficient (Wildman–Crippen LogP) is 3.36. The van der Waals surface area contributed by atoms with E-state index < -0.39 is 0 Å². The third kappa shape index (κ3) is 5.25. The number of hydrogen-bond donors (Lipinski definition) is 2. The first-order chi connectivity index (χ1) is 15.1. The van der Waals surface area contributed by atoms with Gasteiger partial charge in [-0.25, -0.2) is 4.39 Å². The van der Waals surface area contributed by atoms with E-state index in [9.17, 15) is 14.0 Å². The average Bonchev–Trinajstić information content (AvgIpc) is 3.13. The Balaban J connectivity index is 1.34. The SMILES string of the molecule is O=C(NCc1ccccc1)c1cc(NC2CCN(Cc3ccc(F)cc3)C2=O)ccn1. The molecule has 1 unspecified atom stereocenters. The molecule has 4 rings (SSSR count). The summed E-state index contributed by atoms with van der Waals surface area (Å²) in [5.41, 5.74) is 2.84. The van der Waals surface area contributed by atoms with Gasteiger partial charge in [-0.3, -0.25) is 14.6 Å². The minimum atomic E-state index is -0.372. The van der Waals surface area contributed by atoms with Gasteiger partial charge in [-0.15, -0.1) is 0 Å². The van der Waals surface area contributed by atoms with Gasteiger partial charge in [-0.05, 0) is 41.8 Å². The van der Waals surface area contributed by atoms with Crippen LogP contribution in [0.1, 0.15) is 28.0 Å². The third-order valence-corrected chi connectivity index (χ3v) is 5.21. The fourth-order valence-corrected chi connectivity index (χ4v) is 3.55. The smallest absolute Gasteiger partial charge is 0.270 e. The monoisotopic (exact) mass is 418 g/mol. The highest BCUT2D eigenvalue weighted by molar-refractivity contribution is 5.93. The van der Waals surface area contributed by atoms with Crippen molar-refractivity contribution in [2.45, 2.75) is 25.6 Å². The molecule has 2 heterocycles. The van der Waals surface area contributed by atoms with Gasteiger partial charge >= 0.3 is 0 Å². The van der Waals surface area contributed by atoms with Gasteiger partial charge in [-0.1, -0.05) is 42.5 Å². The molecule has 31 heavy (non-hydrogen) atoms. The molecule has 1 aromatic heterocycles. The van der Waals surface area contributed by atoms with Crippen molar-refractivity contribution >= 4 is 17.5 Å². The number of amides is 2. The molecular formula is C24H23FN4O2. The summed E-state index contributed by atoms with van der Waals surface area (Å²) in [6, 6.07) is 18.8. The highest BCUT2D eigenvalue weighted by Gasteiger charge is 2.31. The molecule has 158 valence electrons. The van der Waals surface area contributed by atoms with Gasteiger partial charge in [0.15, 0.2) is 0 Å². The zero-order chi connectivity index (χ0) is 21.6. The number of carbonyl (C=O) groups is 2. The molecule has 0 saturated carbocycles. The van der Waals surface area contributed by atoms with Crippen molar-refractivity contribution in [2.75, 3.05) is 11.9 Å². The lowest BCUT2D eigenvalue weighted by Crippen LogP contribution is -2.33. The number of likely N-dealkylation sites (tertiary alicyclic amines) is 1. The number of benzene rings is 2. The topological polar surface area (TPSA) is 74.3 Å². The highest BCUT2D eigenvalue weighted by Crippen LogP contribution is 2.20. The van der Waals surface area contributed by atoms with Gasteiger partial charge in [0.1, 0.15) is 17.6 Å². The Hall–Kier alpha value is -3.74. The van der Waals surface area contributed by atoms with E-state index in [1.807, 2.05) is 30.3 Å². The van der Waals surface area contributed by atoms with Crippen molar-refractivity contribution in [3.8, 4) is 0 Å². The van der Waals surface area contributed by atoms with Crippen LogP contribution >= 0.6 is 0 Å². The molecule has 1 atom stereocenters. The summed E-state index contributed by atoms with van der Waals surface area (Å²) in [5.74, 6) is -0.586. The van der Waals surface area contributed by atoms with Crippen molar-refractivity contribution in [2.24, 2.45) is 0 Å². The predicted molar refractivity (Wildman–Crippen MR) is 116 cm³/mol. The van der Waals surface area contributed by atoms with Gasteiger partial charge in [0, 0.05) is 31.5 Å². The van der Waals surface area contributed by atoms with E-state index in [0.717, 1.165) is 11.1 Å². The van der Waals surface area contributed by atoms with Crippen LogP contribution in [-0.4, -0.2) is 34.3 Å². The van der Waals surface area contributed by atoms with Gasteiger partial charge in [0.05, 0.1) is 0 Å². The van der Waals surface area contributed by atoms with Crippen LogP contribution in [0.15, 0.2) is 72.9 Å². The van der Waals surface area contributed by atoms with Gasteiger partial charge in [0.25, 0.3) is 5.91 Å². The minimum absolute atomic E-state index is 0.0174. The highest BCUT2D eigenvalue weighted by atomic mass is 19.1. The standard InChI is InChI=1S/C24H23FN4O2/c25-19-8-6-18(7-9-19)16-29-13-11-21(24(29)31)28-20-10-12-26-22(14-20)23(30)27-15-17-4-2-1-3-5-17/h1-10,12,14,21H,11,13,15-16H2,(H,26,28)(H,27,30). The van der Waals surface area contributed by atoms with Crippen LogP contribution in [0.4, 0.5) is 10.1 Å². The second kappa shape index (κ2) is 9.38. The van der Waals surface area contributed by atoms with Crippen LogP contribution in [-0.2, 0) is 17.9 Å². The number of rotatable bonds is 7. The number of carbonyl (C=O) groups excluding carboxylic acids is 2. The summed E-state index contributed by atoms with van der Waals surface area (Å²) >= 11 is 0. The number of pyridine rings is 1. The molecule has 0 spiro atoms. The molecular weight excluding hydrogens is 395 g/mol. The molecule has 0 bridgehead atoms. The Morgan fingerprint density at radius 2 is 1.84 bits per heavy atom. The maximum absolute atomic E-state index is 13.1. The van der Waals surface area contributed by atoms with Gasteiger partial charge in [-0.2, -0.15) is 0 Å². The first kappa shape index (κ1) is 20.5. The van der Waals surface area contributed by atoms with Crippen LogP contribution in [0.25, 0.3) is 0 Å². The lowest BCUT2D eigenvalue weighted by Gasteiger charge is -2.18. The zero-order valence-corrected chi connectivity index (χ0v) is 16.9. The zero-order valence-electron chi connectivity index (χ0n) is 16.9. The first-order valence-corrected chi connectivity index (χ1v) is 10.2. The van der Waals surface area contributed by atoms with E-state index >= 15 is 0 Å². The molecule has 0 aliphatic carbocycles. The molecule has 2 aromatic carbocycles. The van der Waals surface area contributed by atoms with Crippen molar-refractivity contribution in [1.82, 2.24) is 15.2 Å². The van der Waals surface area contributed by atoms with Crippen molar-refractivity contribution < 1.29 is 14.0 Å². The molecule has 1 saturated heterocycles. The second-order valence-electron chi connectivity index (χ2n) is 7.47.